The van der Waals surface area contributed by atoms with Crippen molar-refractivity contribution in [2.75, 3.05) is 51.4 Å². The largest absolute Gasteiger partial charge is 0.474 e. The molecule has 1 amide bonds. The number of halogens is 1. The minimum absolute atomic E-state index is 0.155. The average Bonchev–Trinajstić information content (AvgIpc) is 2.68. The summed E-state index contributed by atoms with van der Waals surface area (Å²) in [4.78, 5) is 16.2. The second-order valence-corrected chi connectivity index (χ2v) is 5.86. The molecule has 2 heterocycles. The van der Waals surface area contributed by atoms with E-state index in [0.29, 0.717) is 50.8 Å². The van der Waals surface area contributed by atoms with Gasteiger partial charge in [0.05, 0.1) is 6.61 Å². The second-order valence-electron chi connectivity index (χ2n) is 5.86. The summed E-state index contributed by atoms with van der Waals surface area (Å²) in [5.74, 6) is 0.627. The third-order valence-electron chi connectivity index (χ3n) is 4.13. The lowest BCUT2D eigenvalue weighted by Crippen LogP contribution is -2.49. The highest BCUT2D eigenvalue weighted by Gasteiger charge is 2.23. The quantitative estimate of drug-likeness (QED) is 0.729. The first kappa shape index (κ1) is 18.1. The van der Waals surface area contributed by atoms with Crippen molar-refractivity contribution in [1.29, 1.82) is 0 Å². The van der Waals surface area contributed by atoms with Gasteiger partial charge in [0.25, 0.3) is 5.91 Å². The smallest absolute Gasteiger partial charge is 0.254 e. The van der Waals surface area contributed by atoms with Crippen LogP contribution in [0.5, 0.6) is 5.88 Å². The van der Waals surface area contributed by atoms with Crippen molar-refractivity contribution in [3.8, 4) is 5.88 Å². The van der Waals surface area contributed by atoms with Crippen LogP contribution in [0.15, 0.2) is 36.4 Å². The second kappa shape index (κ2) is 8.57. The Hall–Kier alpha value is -2.74. The lowest BCUT2D eigenvalue weighted by molar-refractivity contribution is 0.0746. The maximum absolute atomic E-state index is 13.3. The molecule has 0 spiro atoms. The van der Waals surface area contributed by atoms with Crippen molar-refractivity contribution in [1.82, 2.24) is 15.1 Å². The first-order valence-corrected chi connectivity index (χ1v) is 8.42. The third-order valence-corrected chi connectivity index (χ3v) is 4.13. The molecular weight excluding hydrogens is 339 g/mol. The molecule has 0 atom stereocenters. The number of hydrogen-bond acceptors (Lipinski definition) is 6. The third kappa shape index (κ3) is 4.45. The van der Waals surface area contributed by atoms with Crippen molar-refractivity contribution < 1.29 is 18.7 Å². The lowest BCUT2D eigenvalue weighted by Gasteiger charge is -2.35. The van der Waals surface area contributed by atoms with Crippen LogP contribution in [-0.4, -0.2) is 67.5 Å². The van der Waals surface area contributed by atoms with E-state index in [2.05, 4.69) is 15.1 Å². The van der Waals surface area contributed by atoms with Crippen LogP contribution in [0.1, 0.15) is 10.4 Å². The van der Waals surface area contributed by atoms with Gasteiger partial charge in [0, 0.05) is 44.9 Å². The fraction of sp³-hybridized carbons (Fsp3) is 0.389. The number of amides is 1. The molecule has 1 aliphatic heterocycles. The van der Waals surface area contributed by atoms with Gasteiger partial charge >= 0.3 is 0 Å². The molecule has 0 radical (unpaired) electrons. The highest BCUT2D eigenvalue weighted by Crippen LogP contribution is 2.16. The molecule has 0 aliphatic carbocycles. The topological polar surface area (TPSA) is 67.8 Å². The number of carbonyl (C=O) groups is 1. The number of methoxy groups -OCH3 is 1. The van der Waals surface area contributed by atoms with Crippen molar-refractivity contribution in [2.24, 2.45) is 0 Å². The van der Waals surface area contributed by atoms with Crippen LogP contribution in [0.4, 0.5) is 10.2 Å². The Morgan fingerprint density at radius 1 is 1.12 bits per heavy atom. The number of nitrogens with zero attached hydrogens (tertiary/aromatic N) is 4. The Bertz CT molecular complexity index is 733. The van der Waals surface area contributed by atoms with Gasteiger partial charge in [-0.15, -0.1) is 10.2 Å². The zero-order valence-corrected chi connectivity index (χ0v) is 14.6. The summed E-state index contributed by atoms with van der Waals surface area (Å²) in [6.07, 6.45) is 0. The van der Waals surface area contributed by atoms with Gasteiger partial charge in [0.2, 0.25) is 5.88 Å². The Balaban J connectivity index is 1.54. The van der Waals surface area contributed by atoms with Crippen LogP contribution < -0.4 is 9.64 Å². The first-order chi connectivity index (χ1) is 12.7. The molecule has 138 valence electrons. The SMILES string of the molecule is COCCOc1ccc(N2CCN(C(=O)c3cccc(F)c3)CC2)nn1. The summed E-state index contributed by atoms with van der Waals surface area (Å²) < 4.78 is 23.6. The normalized spacial score (nSPS) is 14.4. The number of ether oxygens (including phenoxy) is 2. The molecule has 2 aromatic rings. The molecule has 1 fully saturated rings. The maximum atomic E-state index is 13.3. The minimum Gasteiger partial charge on any atom is -0.474 e. The van der Waals surface area contributed by atoms with Crippen LogP contribution in [0, 0.1) is 5.82 Å². The van der Waals surface area contributed by atoms with E-state index >= 15 is 0 Å². The molecule has 3 rings (SSSR count). The predicted octanol–water partition coefficient (Wildman–Crippen LogP) is 1.60. The van der Waals surface area contributed by atoms with Gasteiger partial charge in [-0.3, -0.25) is 4.79 Å². The Morgan fingerprint density at radius 3 is 2.58 bits per heavy atom. The summed E-state index contributed by atoms with van der Waals surface area (Å²) in [6, 6.07) is 9.39. The first-order valence-electron chi connectivity index (χ1n) is 8.42. The van der Waals surface area contributed by atoms with Crippen molar-refractivity contribution in [3.63, 3.8) is 0 Å². The summed E-state index contributed by atoms with van der Waals surface area (Å²) in [7, 11) is 1.61. The predicted molar refractivity (Wildman–Crippen MR) is 93.9 cm³/mol. The van der Waals surface area contributed by atoms with Gasteiger partial charge in [-0.05, 0) is 24.3 Å². The van der Waals surface area contributed by atoms with Gasteiger partial charge < -0.3 is 19.3 Å². The maximum Gasteiger partial charge on any atom is 0.254 e. The molecule has 7 nitrogen and oxygen atoms in total. The van der Waals surface area contributed by atoms with Crippen LogP contribution in [0.25, 0.3) is 0 Å². The average molecular weight is 360 g/mol. The van der Waals surface area contributed by atoms with E-state index in [1.807, 2.05) is 6.07 Å². The molecule has 26 heavy (non-hydrogen) atoms. The molecule has 0 saturated carbocycles. The monoisotopic (exact) mass is 360 g/mol. The summed E-state index contributed by atoms with van der Waals surface area (Å²) >= 11 is 0. The highest BCUT2D eigenvalue weighted by molar-refractivity contribution is 5.94. The van der Waals surface area contributed by atoms with Crippen LogP contribution >= 0.6 is 0 Å². The Morgan fingerprint density at radius 2 is 1.92 bits per heavy atom. The van der Waals surface area contributed by atoms with Gasteiger partial charge in [-0.1, -0.05) is 6.07 Å². The van der Waals surface area contributed by atoms with Crippen molar-refractivity contribution >= 4 is 11.7 Å². The molecule has 1 saturated heterocycles. The van der Waals surface area contributed by atoms with Crippen LogP contribution in [-0.2, 0) is 4.74 Å². The van der Waals surface area contributed by atoms with E-state index in [1.165, 1.54) is 12.1 Å². The number of rotatable bonds is 6. The van der Waals surface area contributed by atoms with Gasteiger partial charge in [-0.25, -0.2) is 4.39 Å². The van der Waals surface area contributed by atoms with Crippen LogP contribution in [0.2, 0.25) is 0 Å². The van der Waals surface area contributed by atoms with Crippen molar-refractivity contribution in [2.45, 2.75) is 0 Å². The Labute approximate surface area is 151 Å². The van der Waals surface area contributed by atoms with Crippen molar-refractivity contribution in [3.05, 3.63) is 47.8 Å². The molecule has 1 aliphatic rings. The number of benzene rings is 1. The number of hydrogen-bond donors (Lipinski definition) is 0. The zero-order chi connectivity index (χ0) is 18.4. The fourth-order valence-corrected chi connectivity index (χ4v) is 2.73. The fourth-order valence-electron chi connectivity index (χ4n) is 2.73. The molecule has 0 unspecified atom stereocenters. The number of aromatic nitrogens is 2. The number of piperazine rings is 1. The van der Waals surface area contributed by atoms with E-state index in [1.54, 1.807) is 30.2 Å². The van der Waals surface area contributed by atoms with E-state index in [4.69, 9.17) is 9.47 Å². The molecular formula is C18H21FN4O3. The van der Waals surface area contributed by atoms with Crippen LogP contribution in [0.3, 0.4) is 0 Å². The van der Waals surface area contributed by atoms with E-state index < -0.39 is 5.82 Å². The number of anilines is 1. The molecule has 1 aromatic heterocycles. The summed E-state index contributed by atoms with van der Waals surface area (Å²) in [5, 5.41) is 8.22. The molecule has 0 N–H and O–H groups in total. The molecule has 8 heteroatoms. The minimum atomic E-state index is -0.405. The molecule has 0 bridgehead atoms. The van der Waals surface area contributed by atoms with Gasteiger partial charge in [0.15, 0.2) is 5.82 Å². The summed E-state index contributed by atoms with van der Waals surface area (Å²) in [6.45, 7) is 3.28. The van der Waals surface area contributed by atoms with Gasteiger partial charge in [-0.2, -0.15) is 0 Å². The van der Waals surface area contributed by atoms with Gasteiger partial charge in [0.1, 0.15) is 12.4 Å². The number of carbonyl (C=O) groups excluding carboxylic acids is 1. The highest BCUT2D eigenvalue weighted by atomic mass is 19.1. The lowest BCUT2D eigenvalue weighted by atomic mass is 10.1. The van der Waals surface area contributed by atoms with E-state index in [-0.39, 0.29) is 5.91 Å². The molecule has 1 aromatic carbocycles. The van der Waals surface area contributed by atoms with E-state index in [0.717, 1.165) is 5.82 Å². The summed E-state index contributed by atoms with van der Waals surface area (Å²) in [5.41, 5.74) is 0.371. The zero-order valence-electron chi connectivity index (χ0n) is 14.6. The van der Waals surface area contributed by atoms with E-state index in [9.17, 15) is 9.18 Å². The Kier molecular flexibility index (Phi) is 5.96. The standard InChI is InChI=1S/C18H21FN4O3/c1-25-11-12-26-17-6-5-16(20-21-17)22-7-9-23(10-8-22)18(24)14-3-2-4-15(19)13-14/h2-6,13H,7-12H2,1H3.